The molecule has 0 aliphatic rings. The first-order valence-electron chi connectivity index (χ1n) is 3.98. The van der Waals surface area contributed by atoms with Crippen molar-refractivity contribution >= 4 is 9.84 Å². The highest BCUT2D eigenvalue weighted by atomic mass is 32.2. The molecule has 0 saturated carbocycles. The third kappa shape index (κ3) is 2.28. The number of rotatable bonds is 3. The molecular weight excluding hydrogens is 191 g/mol. The summed E-state index contributed by atoms with van der Waals surface area (Å²) in [7, 11) is -3.70. The van der Waals surface area contributed by atoms with E-state index >= 15 is 0 Å². The van der Waals surface area contributed by atoms with Crippen LogP contribution in [0.1, 0.15) is 12.5 Å². The summed E-state index contributed by atoms with van der Waals surface area (Å²) in [6.07, 6.45) is 0.746. The largest absolute Gasteiger partial charge is 0.233 e. The van der Waals surface area contributed by atoms with Crippen LogP contribution in [-0.4, -0.2) is 14.4 Å². The highest BCUT2D eigenvalue weighted by Gasteiger charge is 2.13. The van der Waals surface area contributed by atoms with E-state index < -0.39 is 15.8 Å². The summed E-state index contributed by atoms with van der Waals surface area (Å²) in [6, 6.07) is 5.03. The molecule has 0 aliphatic carbocycles. The molecular formula is C9H11FO2S. The van der Waals surface area contributed by atoms with Crippen molar-refractivity contribution in [1.29, 1.82) is 0 Å². The van der Waals surface area contributed by atoms with Crippen molar-refractivity contribution in [2.24, 2.45) is 0 Å². The van der Waals surface area contributed by atoms with E-state index in [0.717, 1.165) is 12.0 Å². The summed E-state index contributed by atoms with van der Waals surface area (Å²) in [5.41, 5.74) is 0.898. The predicted molar refractivity (Wildman–Crippen MR) is 49.0 cm³/mol. The maximum absolute atomic E-state index is 12.1. The second kappa shape index (κ2) is 3.87. The summed E-state index contributed by atoms with van der Waals surface area (Å²) in [4.78, 5) is 0.0642. The van der Waals surface area contributed by atoms with Crippen LogP contribution < -0.4 is 0 Å². The Morgan fingerprint density at radius 2 is 2.08 bits per heavy atom. The van der Waals surface area contributed by atoms with Crippen LogP contribution in [0.4, 0.5) is 4.39 Å². The minimum atomic E-state index is -3.70. The van der Waals surface area contributed by atoms with E-state index in [1.54, 1.807) is 6.07 Å². The number of hydrogen-bond acceptors (Lipinski definition) is 2. The molecule has 2 nitrogen and oxygen atoms in total. The minimum absolute atomic E-state index is 0.0642. The van der Waals surface area contributed by atoms with Gasteiger partial charge < -0.3 is 0 Å². The quantitative estimate of drug-likeness (QED) is 0.750. The van der Waals surface area contributed by atoms with Gasteiger partial charge in [-0.1, -0.05) is 19.1 Å². The molecule has 1 aromatic rings. The van der Waals surface area contributed by atoms with Gasteiger partial charge in [0.05, 0.1) is 4.90 Å². The highest BCUT2D eigenvalue weighted by Crippen LogP contribution is 2.13. The first-order chi connectivity index (χ1) is 6.10. The lowest BCUT2D eigenvalue weighted by molar-refractivity contribution is 0.534. The fraction of sp³-hybridized carbons (Fsp3) is 0.333. The normalized spacial score (nSPS) is 11.5. The number of benzene rings is 1. The van der Waals surface area contributed by atoms with Crippen molar-refractivity contribution in [3.63, 3.8) is 0 Å². The van der Waals surface area contributed by atoms with Gasteiger partial charge in [-0.05, 0) is 24.1 Å². The Hall–Kier alpha value is -0.900. The zero-order valence-electron chi connectivity index (χ0n) is 7.33. The Labute approximate surface area is 77.3 Å². The van der Waals surface area contributed by atoms with Crippen LogP contribution in [0.2, 0.25) is 0 Å². The zero-order chi connectivity index (χ0) is 9.90. The van der Waals surface area contributed by atoms with Crippen molar-refractivity contribution in [2.75, 3.05) is 6.01 Å². The first kappa shape index (κ1) is 10.2. The molecule has 1 aromatic carbocycles. The maximum Gasteiger partial charge on any atom is 0.207 e. The van der Waals surface area contributed by atoms with Crippen molar-refractivity contribution < 1.29 is 12.8 Å². The van der Waals surface area contributed by atoms with Crippen LogP contribution >= 0.6 is 0 Å². The highest BCUT2D eigenvalue weighted by molar-refractivity contribution is 7.91. The van der Waals surface area contributed by atoms with Crippen LogP contribution in [0.25, 0.3) is 0 Å². The third-order valence-electron chi connectivity index (χ3n) is 1.81. The predicted octanol–water partition coefficient (Wildman–Crippen LogP) is 1.95. The van der Waals surface area contributed by atoms with Crippen molar-refractivity contribution in [3.8, 4) is 0 Å². The molecule has 0 heterocycles. The summed E-state index contributed by atoms with van der Waals surface area (Å²) < 4.78 is 34.3. The molecule has 0 aromatic heterocycles. The second-order valence-corrected chi connectivity index (χ2v) is 4.64. The Bertz CT molecular complexity index is 384. The number of halogens is 1. The molecule has 0 radical (unpaired) electrons. The van der Waals surface area contributed by atoms with Crippen LogP contribution in [0, 0.1) is 0 Å². The smallest absolute Gasteiger partial charge is 0.207 e. The van der Waals surface area contributed by atoms with Crippen molar-refractivity contribution in [1.82, 2.24) is 0 Å². The van der Waals surface area contributed by atoms with Crippen molar-refractivity contribution in [2.45, 2.75) is 18.2 Å². The van der Waals surface area contributed by atoms with Crippen LogP contribution in [0.5, 0.6) is 0 Å². The Kier molecular flexibility index (Phi) is 3.03. The van der Waals surface area contributed by atoms with Gasteiger partial charge in [0.2, 0.25) is 9.84 Å². The lowest BCUT2D eigenvalue weighted by Gasteiger charge is -2.01. The van der Waals surface area contributed by atoms with Gasteiger partial charge in [0, 0.05) is 0 Å². The molecule has 0 spiro atoms. The Morgan fingerprint density at radius 1 is 1.38 bits per heavy atom. The van der Waals surface area contributed by atoms with Crippen LogP contribution in [0.3, 0.4) is 0 Å². The summed E-state index contributed by atoms with van der Waals surface area (Å²) in [6.45, 7) is 1.92. The molecule has 1 rings (SSSR count). The SMILES string of the molecule is CCc1cccc(S(=O)(=O)CF)c1. The van der Waals surface area contributed by atoms with Gasteiger partial charge in [0.1, 0.15) is 0 Å². The van der Waals surface area contributed by atoms with E-state index in [4.69, 9.17) is 0 Å². The Morgan fingerprint density at radius 3 is 2.62 bits per heavy atom. The average molecular weight is 202 g/mol. The molecule has 72 valence electrons. The average Bonchev–Trinajstić information content (AvgIpc) is 2.18. The van der Waals surface area contributed by atoms with Gasteiger partial charge in [-0.25, -0.2) is 12.8 Å². The minimum Gasteiger partial charge on any atom is -0.233 e. The van der Waals surface area contributed by atoms with Crippen LogP contribution in [-0.2, 0) is 16.3 Å². The maximum atomic E-state index is 12.1. The lowest BCUT2D eigenvalue weighted by Crippen LogP contribution is -2.02. The zero-order valence-corrected chi connectivity index (χ0v) is 8.14. The lowest BCUT2D eigenvalue weighted by atomic mass is 10.2. The van der Waals surface area contributed by atoms with E-state index in [1.165, 1.54) is 12.1 Å². The van der Waals surface area contributed by atoms with Gasteiger partial charge >= 0.3 is 0 Å². The number of aryl methyl sites for hydroxylation is 1. The molecule has 0 N–H and O–H groups in total. The van der Waals surface area contributed by atoms with Gasteiger partial charge in [-0.3, -0.25) is 0 Å². The molecule has 0 amide bonds. The van der Waals surface area contributed by atoms with Gasteiger partial charge in [0.15, 0.2) is 6.01 Å². The van der Waals surface area contributed by atoms with Gasteiger partial charge in [-0.2, -0.15) is 0 Å². The van der Waals surface area contributed by atoms with Crippen molar-refractivity contribution in [3.05, 3.63) is 29.8 Å². The molecule has 0 bridgehead atoms. The molecule has 13 heavy (non-hydrogen) atoms. The Balaban J connectivity index is 3.17. The topological polar surface area (TPSA) is 34.1 Å². The molecule has 0 aliphatic heterocycles. The number of alkyl halides is 1. The molecule has 0 fully saturated rings. The van der Waals surface area contributed by atoms with Gasteiger partial charge in [0.25, 0.3) is 0 Å². The second-order valence-electron chi connectivity index (χ2n) is 2.72. The summed E-state index contributed by atoms with van der Waals surface area (Å²) >= 11 is 0. The van der Waals surface area contributed by atoms with E-state index in [2.05, 4.69) is 0 Å². The summed E-state index contributed by atoms with van der Waals surface area (Å²) in [5.74, 6) is 0. The fourth-order valence-corrected chi connectivity index (χ4v) is 1.76. The van der Waals surface area contributed by atoms with E-state index in [0.29, 0.717) is 0 Å². The summed E-state index contributed by atoms with van der Waals surface area (Å²) in [5, 5.41) is 0. The van der Waals surface area contributed by atoms with Gasteiger partial charge in [-0.15, -0.1) is 0 Å². The first-order valence-corrected chi connectivity index (χ1v) is 5.63. The molecule has 0 atom stereocenters. The van der Waals surface area contributed by atoms with Crippen LogP contribution in [0.15, 0.2) is 29.2 Å². The number of sulfone groups is 1. The molecule has 0 unspecified atom stereocenters. The standard InChI is InChI=1S/C9H11FO2S/c1-2-8-4-3-5-9(6-8)13(11,12)7-10/h3-6H,2,7H2,1H3. The van der Waals surface area contributed by atoms with E-state index in [-0.39, 0.29) is 4.90 Å². The third-order valence-corrected chi connectivity index (χ3v) is 3.07. The fourth-order valence-electron chi connectivity index (χ4n) is 1.02. The van der Waals surface area contributed by atoms with E-state index in [1.807, 2.05) is 13.0 Å². The van der Waals surface area contributed by atoms with E-state index in [9.17, 15) is 12.8 Å². The number of hydrogen-bond donors (Lipinski definition) is 0. The monoisotopic (exact) mass is 202 g/mol. The molecule has 0 saturated heterocycles. The molecule has 4 heteroatoms.